The maximum atomic E-state index is 11.0. The molecule has 27 heavy (non-hydrogen) atoms. The predicted octanol–water partition coefficient (Wildman–Crippen LogP) is 5.15. The lowest BCUT2D eigenvalue weighted by molar-refractivity contribution is -0.394. The fourth-order valence-electron chi connectivity index (χ4n) is 2.09. The van der Waals surface area contributed by atoms with Crippen molar-refractivity contribution in [3.8, 4) is 11.5 Å². The summed E-state index contributed by atoms with van der Waals surface area (Å²) in [7, 11) is 0. The van der Waals surface area contributed by atoms with Crippen molar-refractivity contribution >= 4 is 46.3 Å². The van der Waals surface area contributed by atoms with Crippen LogP contribution in [0, 0.1) is 20.2 Å². The molecule has 0 saturated carbocycles. The zero-order chi connectivity index (χ0) is 19.6. The Labute approximate surface area is 165 Å². The smallest absolute Gasteiger partial charge is 0.277 e. The summed E-state index contributed by atoms with van der Waals surface area (Å²) in [5.41, 5.74) is -0.00400. The quantitative estimate of drug-likeness (QED) is 0.300. The topological polar surface area (TPSA) is 125 Å². The molecule has 0 amide bonds. The first-order valence-corrected chi connectivity index (χ1v) is 8.92. The van der Waals surface area contributed by atoms with Gasteiger partial charge in [-0.2, -0.15) is 0 Å². The minimum absolute atomic E-state index is 0.0634. The van der Waals surface area contributed by atoms with Gasteiger partial charge in [0, 0.05) is 27.9 Å². The van der Waals surface area contributed by atoms with E-state index in [-0.39, 0.29) is 16.7 Å². The van der Waals surface area contributed by atoms with Crippen LogP contribution in [0.4, 0.5) is 11.4 Å². The van der Waals surface area contributed by atoms with Gasteiger partial charge in [-0.3, -0.25) is 20.2 Å². The first-order chi connectivity index (χ1) is 12.8. The van der Waals surface area contributed by atoms with Gasteiger partial charge < -0.3 is 4.42 Å². The van der Waals surface area contributed by atoms with Crippen molar-refractivity contribution in [1.82, 2.24) is 10.2 Å². The van der Waals surface area contributed by atoms with Crippen molar-refractivity contribution in [1.29, 1.82) is 0 Å². The third kappa shape index (κ3) is 4.54. The van der Waals surface area contributed by atoms with Crippen molar-refractivity contribution in [3.63, 3.8) is 0 Å². The highest BCUT2D eigenvalue weighted by molar-refractivity contribution is 7.98. The maximum Gasteiger partial charge on any atom is 0.277 e. The molecule has 2 aromatic carbocycles. The van der Waals surface area contributed by atoms with Gasteiger partial charge in [0.25, 0.3) is 16.6 Å². The first kappa shape index (κ1) is 19.1. The van der Waals surface area contributed by atoms with Gasteiger partial charge in [-0.15, -0.1) is 10.2 Å². The molecule has 0 fully saturated rings. The number of hydrogen-bond donors (Lipinski definition) is 0. The summed E-state index contributed by atoms with van der Waals surface area (Å²) in [6.45, 7) is 0. The molecule has 0 N–H and O–H groups in total. The van der Waals surface area contributed by atoms with Crippen molar-refractivity contribution < 1.29 is 14.3 Å². The molecule has 138 valence electrons. The standard InChI is InChI=1S/C15H8Cl2N4O5S/c16-10-2-1-8(13(17)5-10)7-27-15-19-18-14(26-15)9-3-11(20(22)23)6-12(4-9)21(24)25/h1-6H,7H2. The second-order valence-electron chi connectivity index (χ2n) is 5.15. The van der Waals surface area contributed by atoms with E-state index in [1.807, 2.05) is 0 Å². The number of non-ortho nitro benzene ring substituents is 2. The lowest BCUT2D eigenvalue weighted by Crippen LogP contribution is -1.94. The Balaban J connectivity index is 1.83. The number of nitrogens with zero attached hydrogens (tertiary/aromatic N) is 4. The molecule has 0 saturated heterocycles. The summed E-state index contributed by atoms with van der Waals surface area (Å²) in [6, 6.07) is 8.19. The van der Waals surface area contributed by atoms with E-state index in [1.165, 1.54) is 11.8 Å². The van der Waals surface area contributed by atoms with Gasteiger partial charge in [0.05, 0.1) is 21.5 Å². The highest BCUT2D eigenvalue weighted by Gasteiger charge is 2.20. The van der Waals surface area contributed by atoms with Crippen LogP contribution in [0.3, 0.4) is 0 Å². The Morgan fingerprint density at radius 1 is 1.00 bits per heavy atom. The number of nitro benzene ring substituents is 2. The average Bonchev–Trinajstić information content (AvgIpc) is 3.09. The molecule has 0 bridgehead atoms. The normalized spacial score (nSPS) is 10.7. The lowest BCUT2D eigenvalue weighted by atomic mass is 10.2. The van der Waals surface area contributed by atoms with E-state index in [1.54, 1.807) is 18.2 Å². The number of thioether (sulfide) groups is 1. The second kappa shape index (κ2) is 7.91. The van der Waals surface area contributed by atoms with Crippen LogP contribution in [0.15, 0.2) is 46.0 Å². The molecule has 0 atom stereocenters. The largest absolute Gasteiger partial charge is 0.411 e. The Morgan fingerprint density at radius 2 is 1.67 bits per heavy atom. The van der Waals surface area contributed by atoms with Crippen molar-refractivity contribution in [2.24, 2.45) is 0 Å². The number of hydrogen-bond acceptors (Lipinski definition) is 8. The summed E-state index contributed by atoms with van der Waals surface area (Å²) in [4.78, 5) is 20.5. The van der Waals surface area contributed by atoms with Crippen LogP contribution in [0.1, 0.15) is 5.56 Å². The monoisotopic (exact) mass is 426 g/mol. The van der Waals surface area contributed by atoms with E-state index in [2.05, 4.69) is 10.2 Å². The number of aromatic nitrogens is 2. The molecular weight excluding hydrogens is 419 g/mol. The van der Waals surface area contributed by atoms with Crippen LogP contribution >= 0.6 is 35.0 Å². The van der Waals surface area contributed by atoms with E-state index in [0.29, 0.717) is 15.8 Å². The Hall–Kier alpha value is -2.69. The zero-order valence-electron chi connectivity index (χ0n) is 13.2. The maximum absolute atomic E-state index is 11.0. The predicted molar refractivity (Wildman–Crippen MR) is 99.1 cm³/mol. The number of nitro groups is 2. The summed E-state index contributed by atoms with van der Waals surface area (Å²) in [6.07, 6.45) is 0. The third-order valence-corrected chi connectivity index (χ3v) is 4.80. The van der Waals surface area contributed by atoms with Crippen molar-refractivity contribution in [2.45, 2.75) is 11.0 Å². The van der Waals surface area contributed by atoms with Gasteiger partial charge >= 0.3 is 0 Å². The molecule has 0 aliphatic carbocycles. The molecule has 0 aliphatic heterocycles. The van der Waals surface area contributed by atoms with Crippen LogP contribution in [0.5, 0.6) is 0 Å². The summed E-state index contributed by atoms with van der Waals surface area (Å²) in [5.74, 6) is 0.360. The lowest BCUT2D eigenvalue weighted by Gasteiger charge is -2.02. The van der Waals surface area contributed by atoms with Gasteiger partial charge in [0.1, 0.15) is 0 Å². The zero-order valence-corrected chi connectivity index (χ0v) is 15.5. The van der Waals surface area contributed by atoms with Crippen LogP contribution in [0.25, 0.3) is 11.5 Å². The van der Waals surface area contributed by atoms with E-state index >= 15 is 0 Å². The van der Waals surface area contributed by atoms with Gasteiger partial charge in [-0.25, -0.2) is 0 Å². The molecule has 3 rings (SSSR count). The first-order valence-electron chi connectivity index (χ1n) is 7.18. The van der Waals surface area contributed by atoms with Gasteiger partial charge in [0.15, 0.2) is 0 Å². The fourth-order valence-corrected chi connectivity index (χ4v) is 3.41. The Kier molecular flexibility index (Phi) is 5.59. The highest BCUT2D eigenvalue weighted by Crippen LogP contribution is 2.32. The molecule has 9 nitrogen and oxygen atoms in total. The minimum Gasteiger partial charge on any atom is -0.411 e. The Bertz CT molecular complexity index is 1010. The molecule has 1 aromatic heterocycles. The minimum atomic E-state index is -0.731. The third-order valence-electron chi connectivity index (χ3n) is 3.34. The van der Waals surface area contributed by atoms with E-state index in [0.717, 1.165) is 23.8 Å². The SMILES string of the molecule is O=[N+]([O-])c1cc(-c2nnc(SCc3ccc(Cl)cc3Cl)o2)cc([N+](=O)[O-])c1. The fraction of sp³-hybridized carbons (Fsp3) is 0.0667. The number of rotatable bonds is 6. The molecule has 12 heteroatoms. The van der Waals surface area contributed by atoms with Crippen LogP contribution < -0.4 is 0 Å². The van der Waals surface area contributed by atoms with Crippen LogP contribution in [0.2, 0.25) is 10.0 Å². The molecular formula is C15H8Cl2N4O5S. The van der Waals surface area contributed by atoms with E-state index in [9.17, 15) is 20.2 Å². The second-order valence-corrected chi connectivity index (χ2v) is 6.92. The highest BCUT2D eigenvalue weighted by atomic mass is 35.5. The summed E-state index contributed by atoms with van der Waals surface area (Å²) < 4.78 is 5.45. The molecule has 1 heterocycles. The van der Waals surface area contributed by atoms with Gasteiger partial charge in [-0.05, 0) is 17.7 Å². The molecule has 0 aliphatic rings. The summed E-state index contributed by atoms with van der Waals surface area (Å²) >= 11 is 13.1. The van der Waals surface area contributed by atoms with E-state index in [4.69, 9.17) is 27.6 Å². The van der Waals surface area contributed by atoms with Crippen LogP contribution in [-0.4, -0.2) is 20.0 Å². The molecule has 0 spiro atoms. The van der Waals surface area contributed by atoms with Crippen molar-refractivity contribution in [2.75, 3.05) is 0 Å². The van der Waals surface area contributed by atoms with E-state index < -0.39 is 21.2 Å². The Morgan fingerprint density at radius 3 is 2.26 bits per heavy atom. The van der Waals surface area contributed by atoms with Crippen LogP contribution in [-0.2, 0) is 5.75 Å². The average molecular weight is 427 g/mol. The summed E-state index contributed by atoms with van der Waals surface area (Å²) in [5, 5.41) is 30.8. The number of benzene rings is 2. The van der Waals surface area contributed by atoms with Gasteiger partial charge in [-0.1, -0.05) is 41.0 Å². The molecule has 0 unspecified atom stereocenters. The van der Waals surface area contributed by atoms with Crippen molar-refractivity contribution in [3.05, 3.63) is 72.2 Å². The molecule has 0 radical (unpaired) electrons. The molecule has 3 aromatic rings. The number of halogens is 2. The van der Waals surface area contributed by atoms with Gasteiger partial charge in [0.2, 0.25) is 5.89 Å².